The molecule has 0 bridgehead atoms. The molecule has 55 heavy (non-hydrogen) atoms. The lowest BCUT2D eigenvalue weighted by atomic mass is 9.95. The second-order valence-corrected chi connectivity index (χ2v) is 14.0. The van der Waals surface area contributed by atoms with Gasteiger partial charge in [-0.25, -0.2) is 4.98 Å². The number of hydrogen-bond acceptors (Lipinski definition) is 8. The number of likely N-dealkylation sites (tertiary alicyclic amines) is 1. The molecule has 2 aliphatic rings. The van der Waals surface area contributed by atoms with Crippen molar-refractivity contribution in [1.82, 2.24) is 24.7 Å². The number of aryl methyl sites for hydroxylation is 1. The number of aromatic nitrogens is 2. The molecule has 12 nitrogen and oxygen atoms in total. The standard InChI is InChI=1S/C40H51N7O5.3ClH/c1-27-14-17-32(33(25-27)52-24-9-5-6-13-35(48)47-22-20-44(2)21-23-47)45(3)40(50)30-16-15-29(38(51-4)36(30)39(41)49)28-11-10-12-31-37(28)43-34(42-31)26-46-18-7-8-19-46;;;/h10-12,14-17,25H,5-9,13,18-24,26H2,1-4H3,(H2,41,49)(H,42,43);3*1H. The number of H-pyrrole nitrogens is 1. The third-order valence-electron chi connectivity index (χ3n) is 10.2. The molecule has 2 aliphatic heterocycles. The van der Waals surface area contributed by atoms with E-state index in [1.54, 1.807) is 19.2 Å². The number of amides is 3. The largest absolute Gasteiger partial charge is 0.495 e. The van der Waals surface area contributed by atoms with Crippen molar-refractivity contribution in [1.29, 1.82) is 0 Å². The van der Waals surface area contributed by atoms with Gasteiger partial charge in [-0.2, -0.15) is 0 Å². The van der Waals surface area contributed by atoms with E-state index in [0.29, 0.717) is 30.0 Å². The number of aromatic amines is 1. The predicted molar refractivity (Wildman–Crippen MR) is 225 cm³/mol. The molecule has 2 fully saturated rings. The zero-order valence-corrected chi connectivity index (χ0v) is 34.5. The Kier molecular flexibility index (Phi) is 17.1. The fraction of sp³-hybridized carbons (Fsp3) is 0.450. The Bertz CT molecular complexity index is 1930. The fourth-order valence-corrected chi connectivity index (χ4v) is 7.21. The van der Waals surface area contributed by atoms with Gasteiger partial charge in [0.25, 0.3) is 11.8 Å². The first-order valence-corrected chi connectivity index (χ1v) is 18.3. The lowest BCUT2D eigenvalue weighted by Gasteiger charge is -2.32. The molecule has 6 rings (SSSR count). The maximum atomic E-state index is 14.2. The first-order valence-electron chi connectivity index (χ1n) is 18.3. The lowest BCUT2D eigenvalue weighted by molar-refractivity contribution is -0.132. The molecular weight excluding hydrogens is 765 g/mol. The van der Waals surface area contributed by atoms with Crippen LogP contribution < -0.4 is 20.1 Å². The van der Waals surface area contributed by atoms with Crippen molar-refractivity contribution in [3.05, 3.63) is 71.0 Å². The van der Waals surface area contributed by atoms with E-state index in [-0.39, 0.29) is 60.0 Å². The number of halogens is 3. The zero-order chi connectivity index (χ0) is 36.8. The summed E-state index contributed by atoms with van der Waals surface area (Å²) in [5.74, 6) is 0.666. The Morgan fingerprint density at radius 3 is 2.33 bits per heavy atom. The summed E-state index contributed by atoms with van der Waals surface area (Å²) in [6, 6.07) is 14.9. The van der Waals surface area contributed by atoms with Gasteiger partial charge in [-0.3, -0.25) is 19.3 Å². The normalized spacial score (nSPS) is 14.4. The van der Waals surface area contributed by atoms with Gasteiger partial charge >= 0.3 is 0 Å². The van der Waals surface area contributed by atoms with Crippen molar-refractivity contribution in [2.24, 2.45) is 5.73 Å². The van der Waals surface area contributed by atoms with E-state index in [1.807, 2.05) is 48.2 Å². The second kappa shape index (κ2) is 20.7. The van der Waals surface area contributed by atoms with Crippen LogP contribution in [0.3, 0.4) is 0 Å². The monoisotopic (exact) mass is 817 g/mol. The van der Waals surface area contributed by atoms with E-state index in [4.69, 9.17) is 20.2 Å². The first-order chi connectivity index (χ1) is 25.1. The number of hydrogen-bond donors (Lipinski definition) is 2. The van der Waals surface area contributed by atoms with Crippen molar-refractivity contribution in [2.45, 2.75) is 52.0 Å². The molecule has 0 aliphatic carbocycles. The van der Waals surface area contributed by atoms with Gasteiger partial charge in [0.05, 0.1) is 48.1 Å². The highest BCUT2D eigenvalue weighted by Crippen LogP contribution is 2.39. The van der Waals surface area contributed by atoms with E-state index in [1.165, 1.54) is 24.9 Å². The van der Waals surface area contributed by atoms with Crippen LogP contribution in [-0.4, -0.2) is 109 Å². The molecule has 15 heteroatoms. The van der Waals surface area contributed by atoms with Crippen LogP contribution in [0.25, 0.3) is 22.2 Å². The number of nitrogens with two attached hydrogens (primary N) is 1. The van der Waals surface area contributed by atoms with Crippen molar-refractivity contribution < 1.29 is 23.9 Å². The molecule has 3 aromatic carbocycles. The highest BCUT2D eigenvalue weighted by molar-refractivity contribution is 6.15. The molecule has 3 amide bonds. The minimum Gasteiger partial charge on any atom is -0.495 e. The number of carbonyl (C=O) groups excluding carboxylic acids is 3. The summed E-state index contributed by atoms with van der Waals surface area (Å²) >= 11 is 0. The number of carbonyl (C=O) groups is 3. The van der Waals surface area contributed by atoms with Crippen LogP contribution in [0, 0.1) is 6.92 Å². The Hall–Kier alpha value is -4.07. The second-order valence-electron chi connectivity index (χ2n) is 14.0. The summed E-state index contributed by atoms with van der Waals surface area (Å²) in [6.07, 6.45) is 5.36. The van der Waals surface area contributed by atoms with Crippen LogP contribution in [0.2, 0.25) is 0 Å². The number of primary amides is 1. The van der Waals surface area contributed by atoms with Gasteiger partial charge in [-0.1, -0.05) is 18.2 Å². The maximum absolute atomic E-state index is 14.2. The summed E-state index contributed by atoms with van der Waals surface area (Å²) in [5.41, 5.74) is 10.7. The Labute approximate surface area is 342 Å². The van der Waals surface area contributed by atoms with Gasteiger partial charge in [0, 0.05) is 50.8 Å². The number of fused-ring (bicyclic) bond motifs is 1. The molecule has 3 heterocycles. The Morgan fingerprint density at radius 1 is 0.909 bits per heavy atom. The van der Waals surface area contributed by atoms with Crippen LogP contribution in [0.1, 0.15) is 70.6 Å². The highest BCUT2D eigenvalue weighted by Gasteiger charge is 2.28. The van der Waals surface area contributed by atoms with Crippen molar-refractivity contribution >= 4 is 71.7 Å². The molecule has 0 radical (unpaired) electrons. The molecule has 0 atom stereocenters. The minimum atomic E-state index is -0.772. The molecule has 0 spiro atoms. The number of para-hydroxylation sites is 1. The topological polar surface area (TPSA) is 137 Å². The molecule has 4 aromatic rings. The molecule has 1 aromatic heterocycles. The molecule has 300 valence electrons. The quantitative estimate of drug-likeness (QED) is 0.138. The summed E-state index contributed by atoms with van der Waals surface area (Å²) in [4.78, 5) is 56.3. The van der Waals surface area contributed by atoms with E-state index < -0.39 is 11.8 Å². The van der Waals surface area contributed by atoms with E-state index >= 15 is 0 Å². The number of imidazole rings is 1. The van der Waals surface area contributed by atoms with E-state index in [2.05, 4.69) is 21.8 Å². The maximum Gasteiger partial charge on any atom is 0.259 e. The van der Waals surface area contributed by atoms with Crippen molar-refractivity contribution in [3.8, 4) is 22.6 Å². The number of anilines is 1. The van der Waals surface area contributed by atoms with Crippen LogP contribution in [0.15, 0.2) is 48.5 Å². The van der Waals surface area contributed by atoms with Gasteiger partial charge in [0.1, 0.15) is 17.3 Å². The van der Waals surface area contributed by atoms with E-state index in [0.717, 1.165) is 93.1 Å². The molecule has 0 unspecified atom stereocenters. The average Bonchev–Trinajstić information content (AvgIpc) is 3.82. The van der Waals surface area contributed by atoms with Crippen LogP contribution in [0.4, 0.5) is 5.69 Å². The molecular formula is C40H54Cl3N7O5. The predicted octanol–water partition coefficient (Wildman–Crippen LogP) is 6.50. The average molecular weight is 819 g/mol. The zero-order valence-electron chi connectivity index (χ0n) is 32.1. The molecule has 0 saturated carbocycles. The van der Waals surface area contributed by atoms with Gasteiger partial charge in [-0.15, -0.1) is 37.2 Å². The number of unbranched alkanes of at least 4 members (excludes halogenated alkanes) is 2. The smallest absolute Gasteiger partial charge is 0.259 e. The lowest BCUT2D eigenvalue weighted by Crippen LogP contribution is -2.47. The van der Waals surface area contributed by atoms with Gasteiger partial charge < -0.3 is 34.9 Å². The number of methoxy groups -OCH3 is 1. The number of ether oxygens (including phenoxy) is 2. The van der Waals surface area contributed by atoms with Gasteiger partial charge in [0.2, 0.25) is 5.91 Å². The van der Waals surface area contributed by atoms with Gasteiger partial charge in [0.15, 0.2) is 0 Å². The third-order valence-corrected chi connectivity index (χ3v) is 10.2. The van der Waals surface area contributed by atoms with Crippen molar-refractivity contribution in [3.63, 3.8) is 0 Å². The number of nitrogens with one attached hydrogen (secondary N) is 1. The minimum absolute atomic E-state index is 0. The third kappa shape index (κ3) is 10.6. The van der Waals surface area contributed by atoms with E-state index in [9.17, 15) is 14.4 Å². The van der Waals surface area contributed by atoms with Crippen LogP contribution in [-0.2, 0) is 11.3 Å². The van der Waals surface area contributed by atoms with Gasteiger partial charge in [-0.05, 0) is 95.1 Å². The number of benzene rings is 3. The van der Waals surface area contributed by atoms with Crippen LogP contribution in [0.5, 0.6) is 11.5 Å². The highest BCUT2D eigenvalue weighted by atomic mass is 35.5. The summed E-state index contributed by atoms with van der Waals surface area (Å²) in [5, 5.41) is 0. The van der Waals surface area contributed by atoms with Crippen molar-refractivity contribution in [2.75, 3.05) is 72.0 Å². The first kappa shape index (κ1) is 45.3. The number of nitrogens with zero attached hydrogens (tertiary/aromatic N) is 5. The SMILES string of the molecule is COc1c(-c2cccc3[nH]c(CN4CCCC4)nc23)ccc(C(=O)N(C)c2ccc(C)cc2OCCCCCC(=O)N2CCN(C)CC2)c1C(N)=O.Cl.Cl.Cl. The van der Waals surface area contributed by atoms with Crippen LogP contribution >= 0.6 is 37.2 Å². The number of piperazine rings is 1. The summed E-state index contributed by atoms with van der Waals surface area (Å²) in [6.45, 7) is 8.67. The Morgan fingerprint density at radius 2 is 1.64 bits per heavy atom. The molecule has 3 N–H and O–H groups in total. The molecule has 2 saturated heterocycles. The number of likely N-dealkylation sites (N-methyl/N-ethyl adjacent to an activating group) is 1. The fourth-order valence-electron chi connectivity index (χ4n) is 7.21. The summed E-state index contributed by atoms with van der Waals surface area (Å²) < 4.78 is 12.1. The summed E-state index contributed by atoms with van der Waals surface area (Å²) in [7, 11) is 5.21. The Balaban J connectivity index is 0.00000271. The number of rotatable bonds is 14.